The molecular weight excluding hydrogens is 492 g/mol. The van der Waals surface area contributed by atoms with Gasteiger partial charge in [-0.2, -0.15) is 0 Å². The minimum Gasteiger partial charge on any atom is -0.354 e. The Morgan fingerprint density at radius 3 is 2.47 bits per heavy atom. The first kappa shape index (κ1) is 23.1. The number of rotatable bonds is 5. The average molecular weight is 517 g/mol. The van der Waals surface area contributed by atoms with Gasteiger partial charge < -0.3 is 14.8 Å². The highest BCUT2D eigenvalue weighted by Gasteiger charge is 2.27. The molecule has 0 aliphatic carbocycles. The lowest BCUT2D eigenvalue weighted by molar-refractivity contribution is -0.120. The molecule has 7 nitrogen and oxygen atoms in total. The summed E-state index contributed by atoms with van der Waals surface area (Å²) in [6.45, 7) is 2.49. The van der Waals surface area contributed by atoms with E-state index in [1.807, 2.05) is 60.7 Å². The SMILES string of the molecule is O=C(Nc1ccc(-c2cn3c(n2)SCC3)cc1)C1CCCN(c2ccc(-c3ccc(Cl)cc3)nn2)C1. The molecular formula is C27H25ClN6OS. The number of piperidine rings is 1. The van der Waals surface area contributed by atoms with E-state index in [1.165, 1.54) is 0 Å². The molecule has 2 aromatic carbocycles. The van der Waals surface area contributed by atoms with Gasteiger partial charge in [0.25, 0.3) is 0 Å². The van der Waals surface area contributed by atoms with Gasteiger partial charge in [-0.1, -0.05) is 47.6 Å². The van der Waals surface area contributed by atoms with Crippen molar-refractivity contribution < 1.29 is 4.79 Å². The molecule has 182 valence electrons. The fourth-order valence-electron chi connectivity index (χ4n) is 4.69. The Balaban J connectivity index is 1.08. The normalized spacial score (nSPS) is 17.1. The molecule has 1 saturated heterocycles. The maximum Gasteiger partial charge on any atom is 0.229 e. The van der Waals surface area contributed by atoms with Crippen LogP contribution in [0.3, 0.4) is 0 Å². The summed E-state index contributed by atoms with van der Waals surface area (Å²) in [6, 6.07) is 19.4. The summed E-state index contributed by atoms with van der Waals surface area (Å²) in [7, 11) is 0. The van der Waals surface area contributed by atoms with Gasteiger partial charge in [-0.05, 0) is 49.2 Å². The molecule has 0 saturated carbocycles. The second-order valence-electron chi connectivity index (χ2n) is 9.09. The minimum absolute atomic E-state index is 0.0376. The summed E-state index contributed by atoms with van der Waals surface area (Å²) in [4.78, 5) is 19.9. The third-order valence-corrected chi connectivity index (χ3v) is 7.88. The molecule has 1 N–H and O–H groups in total. The minimum atomic E-state index is -0.107. The molecule has 2 aliphatic heterocycles. The van der Waals surface area contributed by atoms with Crippen LogP contribution >= 0.6 is 23.4 Å². The fraction of sp³-hybridized carbons (Fsp3) is 0.259. The number of hydrogen-bond acceptors (Lipinski definition) is 6. The van der Waals surface area contributed by atoms with E-state index in [0.717, 1.165) is 70.9 Å². The molecule has 4 heterocycles. The van der Waals surface area contributed by atoms with E-state index in [2.05, 4.69) is 31.2 Å². The predicted molar refractivity (Wildman–Crippen MR) is 144 cm³/mol. The van der Waals surface area contributed by atoms with E-state index in [9.17, 15) is 4.79 Å². The lowest BCUT2D eigenvalue weighted by Gasteiger charge is -2.32. The van der Waals surface area contributed by atoms with Gasteiger partial charge in [-0.25, -0.2) is 4.98 Å². The summed E-state index contributed by atoms with van der Waals surface area (Å²) in [5.41, 5.74) is 4.59. The number of hydrogen-bond donors (Lipinski definition) is 1. The second kappa shape index (κ2) is 9.95. The number of aryl methyl sites for hydroxylation is 1. The Morgan fingerprint density at radius 2 is 1.72 bits per heavy atom. The number of benzene rings is 2. The van der Waals surface area contributed by atoms with Crippen LogP contribution in [-0.4, -0.2) is 44.5 Å². The number of carbonyl (C=O) groups is 1. The summed E-state index contributed by atoms with van der Waals surface area (Å²) in [5.74, 6) is 1.81. The fourth-order valence-corrected chi connectivity index (χ4v) is 5.75. The third kappa shape index (κ3) is 4.83. The average Bonchev–Trinajstić information content (AvgIpc) is 3.53. The van der Waals surface area contributed by atoms with Gasteiger partial charge in [0.1, 0.15) is 0 Å². The van der Waals surface area contributed by atoms with Crippen molar-refractivity contribution in [2.24, 2.45) is 5.92 Å². The Morgan fingerprint density at radius 1 is 0.944 bits per heavy atom. The number of carbonyl (C=O) groups excluding carboxylic acids is 1. The molecule has 2 aliphatic rings. The third-order valence-electron chi connectivity index (χ3n) is 6.66. The van der Waals surface area contributed by atoms with Crippen molar-refractivity contribution in [3.63, 3.8) is 0 Å². The van der Waals surface area contributed by atoms with E-state index in [4.69, 9.17) is 16.6 Å². The summed E-state index contributed by atoms with van der Waals surface area (Å²) >= 11 is 7.77. The molecule has 9 heteroatoms. The maximum absolute atomic E-state index is 13.1. The molecule has 0 radical (unpaired) electrons. The molecule has 1 atom stereocenters. The first-order chi connectivity index (χ1) is 17.6. The molecule has 4 aromatic rings. The molecule has 0 bridgehead atoms. The topological polar surface area (TPSA) is 75.9 Å². The van der Waals surface area contributed by atoms with Crippen molar-refractivity contribution >= 4 is 40.8 Å². The number of imidazole rings is 1. The first-order valence-corrected chi connectivity index (χ1v) is 13.4. The van der Waals surface area contributed by atoms with Crippen molar-refractivity contribution in [1.82, 2.24) is 19.7 Å². The van der Waals surface area contributed by atoms with Crippen LogP contribution in [0.4, 0.5) is 11.5 Å². The number of nitrogens with zero attached hydrogens (tertiary/aromatic N) is 5. The van der Waals surface area contributed by atoms with E-state index in [0.29, 0.717) is 11.6 Å². The van der Waals surface area contributed by atoms with E-state index < -0.39 is 0 Å². The highest BCUT2D eigenvalue weighted by Crippen LogP contribution is 2.30. The van der Waals surface area contributed by atoms with Gasteiger partial charge >= 0.3 is 0 Å². The molecule has 6 rings (SSSR count). The van der Waals surface area contributed by atoms with Crippen molar-refractivity contribution in [3.05, 3.63) is 71.9 Å². The quantitative estimate of drug-likeness (QED) is 0.371. The number of fused-ring (bicyclic) bond motifs is 1. The number of nitrogens with one attached hydrogen (secondary N) is 1. The van der Waals surface area contributed by atoms with E-state index in [1.54, 1.807) is 11.8 Å². The zero-order valence-corrected chi connectivity index (χ0v) is 21.2. The standard InChI is InChI=1S/C27H25ClN6OS/c28-21-7-3-18(4-8-21)23-11-12-25(32-31-23)33-13-1-2-20(16-33)26(35)29-22-9-5-19(6-10-22)24-17-34-14-15-36-27(34)30-24/h3-12,17,20H,1-2,13-16H2,(H,29,35). The van der Waals surface area contributed by atoms with Crippen molar-refractivity contribution in [2.45, 2.75) is 24.5 Å². The Labute approximate surface area is 218 Å². The largest absolute Gasteiger partial charge is 0.354 e. The Bertz CT molecular complexity index is 1350. The number of amides is 1. The highest BCUT2D eigenvalue weighted by atomic mass is 35.5. The molecule has 1 fully saturated rings. The number of thioether (sulfide) groups is 1. The van der Waals surface area contributed by atoms with Gasteiger partial charge in [0.15, 0.2) is 11.0 Å². The van der Waals surface area contributed by atoms with Gasteiger partial charge in [-0.3, -0.25) is 4.79 Å². The van der Waals surface area contributed by atoms with Crippen LogP contribution in [0, 0.1) is 5.92 Å². The predicted octanol–water partition coefficient (Wildman–Crippen LogP) is 5.62. The van der Waals surface area contributed by atoms with Crippen LogP contribution in [0.1, 0.15) is 12.8 Å². The van der Waals surface area contributed by atoms with Crippen molar-refractivity contribution in [1.29, 1.82) is 0 Å². The lowest BCUT2D eigenvalue weighted by atomic mass is 9.97. The lowest BCUT2D eigenvalue weighted by Crippen LogP contribution is -2.41. The first-order valence-electron chi connectivity index (χ1n) is 12.1. The second-order valence-corrected chi connectivity index (χ2v) is 10.6. The zero-order chi connectivity index (χ0) is 24.5. The van der Waals surface area contributed by atoms with E-state index >= 15 is 0 Å². The zero-order valence-electron chi connectivity index (χ0n) is 19.6. The molecule has 1 unspecified atom stereocenters. The van der Waals surface area contributed by atoms with Crippen LogP contribution in [0.15, 0.2) is 72.0 Å². The summed E-state index contributed by atoms with van der Waals surface area (Å²) < 4.78 is 2.19. The van der Waals surface area contributed by atoms with Crippen molar-refractivity contribution in [3.8, 4) is 22.5 Å². The van der Waals surface area contributed by atoms with Crippen LogP contribution in [0.25, 0.3) is 22.5 Å². The number of anilines is 2. The van der Waals surface area contributed by atoms with Gasteiger partial charge in [-0.15, -0.1) is 10.2 Å². The van der Waals surface area contributed by atoms with Crippen LogP contribution in [0.2, 0.25) is 5.02 Å². The van der Waals surface area contributed by atoms with Crippen molar-refractivity contribution in [2.75, 3.05) is 29.1 Å². The monoisotopic (exact) mass is 516 g/mol. The summed E-state index contributed by atoms with van der Waals surface area (Å²) in [6.07, 6.45) is 3.89. The number of aromatic nitrogens is 4. The molecule has 1 amide bonds. The van der Waals surface area contributed by atoms with Gasteiger partial charge in [0.05, 0.1) is 17.3 Å². The maximum atomic E-state index is 13.1. The van der Waals surface area contributed by atoms with Crippen LogP contribution < -0.4 is 10.2 Å². The van der Waals surface area contributed by atoms with Gasteiger partial charge in [0, 0.05) is 53.4 Å². The highest BCUT2D eigenvalue weighted by molar-refractivity contribution is 7.99. The molecule has 0 spiro atoms. The Hall–Kier alpha value is -3.36. The number of halogens is 1. The molecule has 36 heavy (non-hydrogen) atoms. The van der Waals surface area contributed by atoms with Gasteiger partial charge in [0.2, 0.25) is 5.91 Å². The van der Waals surface area contributed by atoms with E-state index in [-0.39, 0.29) is 11.8 Å². The summed E-state index contributed by atoms with van der Waals surface area (Å²) in [5, 5.41) is 13.7. The Kier molecular flexibility index (Phi) is 6.37. The molecule has 2 aromatic heterocycles. The smallest absolute Gasteiger partial charge is 0.229 e. The van der Waals surface area contributed by atoms with Crippen LogP contribution in [0.5, 0.6) is 0 Å². The van der Waals surface area contributed by atoms with Crippen LogP contribution in [-0.2, 0) is 11.3 Å².